The lowest BCUT2D eigenvalue weighted by Gasteiger charge is -2.22. The Morgan fingerprint density at radius 3 is 1.62 bits per heavy atom. The summed E-state index contributed by atoms with van der Waals surface area (Å²) in [5, 5.41) is 2.33. The molecule has 0 spiro atoms. The first-order valence-electron chi connectivity index (χ1n) is 4.67. The average molecular weight is 185 g/mol. The summed E-state index contributed by atoms with van der Waals surface area (Å²) in [6, 6.07) is 0. The molecule has 2 amide bonds. The molecule has 0 saturated heterocycles. The van der Waals surface area contributed by atoms with E-state index in [0.29, 0.717) is 0 Å². The second kappa shape index (κ2) is 5.00. The van der Waals surface area contributed by atoms with Gasteiger partial charge in [-0.25, -0.2) is 0 Å². The van der Waals surface area contributed by atoms with Crippen LogP contribution in [0.1, 0.15) is 34.6 Å². The zero-order valence-electron chi connectivity index (χ0n) is 9.05. The van der Waals surface area contributed by atoms with E-state index in [1.54, 1.807) is 0 Å². The van der Waals surface area contributed by atoms with Gasteiger partial charge in [0, 0.05) is 12.8 Å². The van der Waals surface area contributed by atoms with E-state index in [0.717, 1.165) is 0 Å². The minimum Gasteiger partial charge on any atom is -0.296 e. The van der Waals surface area contributed by atoms with Crippen LogP contribution in [-0.4, -0.2) is 11.8 Å². The number of carbonyl (C=O) groups excluding carboxylic acids is 2. The predicted octanol–water partition coefficient (Wildman–Crippen LogP) is 1.58. The smallest absolute Gasteiger partial charge is 0.230 e. The van der Waals surface area contributed by atoms with Crippen LogP contribution in [0.3, 0.4) is 0 Å². The molecule has 0 aromatic heterocycles. The fourth-order valence-electron chi connectivity index (χ4n) is 1.63. The molecule has 0 rings (SSSR count). The summed E-state index contributed by atoms with van der Waals surface area (Å²) in [5.41, 5.74) is 0. The van der Waals surface area contributed by atoms with Crippen LogP contribution in [0.2, 0.25) is 0 Å². The van der Waals surface area contributed by atoms with Crippen molar-refractivity contribution in [3.63, 3.8) is 0 Å². The van der Waals surface area contributed by atoms with Crippen LogP contribution in [-0.2, 0) is 9.59 Å². The highest BCUT2D eigenvalue weighted by Crippen LogP contribution is 2.20. The zero-order valence-corrected chi connectivity index (χ0v) is 9.05. The van der Waals surface area contributed by atoms with Crippen LogP contribution < -0.4 is 5.32 Å². The molecule has 0 aliphatic rings. The highest BCUT2D eigenvalue weighted by Gasteiger charge is 2.25. The summed E-state index contributed by atoms with van der Waals surface area (Å²) in [6.45, 7) is 9.32. The Morgan fingerprint density at radius 1 is 1.00 bits per heavy atom. The van der Waals surface area contributed by atoms with E-state index in [1.165, 1.54) is 6.92 Å². The first kappa shape index (κ1) is 12.1. The van der Waals surface area contributed by atoms with Gasteiger partial charge in [-0.05, 0) is 11.8 Å². The van der Waals surface area contributed by atoms with Crippen molar-refractivity contribution in [2.75, 3.05) is 0 Å². The molecule has 3 heteroatoms. The molecular formula is C10H19NO2. The van der Waals surface area contributed by atoms with E-state index in [1.807, 2.05) is 27.7 Å². The molecule has 0 saturated carbocycles. The van der Waals surface area contributed by atoms with E-state index in [9.17, 15) is 9.59 Å². The predicted molar refractivity (Wildman–Crippen MR) is 52.0 cm³/mol. The van der Waals surface area contributed by atoms with Crippen molar-refractivity contribution in [1.82, 2.24) is 5.32 Å². The van der Waals surface area contributed by atoms with Gasteiger partial charge in [0.15, 0.2) is 0 Å². The normalized spacial score (nSPS) is 11.1. The van der Waals surface area contributed by atoms with Crippen LogP contribution in [0.15, 0.2) is 0 Å². The Labute approximate surface area is 79.9 Å². The SMILES string of the molecule is CC(=O)NC(=O)C(C(C)C)C(C)C. The summed E-state index contributed by atoms with van der Waals surface area (Å²) < 4.78 is 0. The van der Waals surface area contributed by atoms with Gasteiger partial charge >= 0.3 is 0 Å². The van der Waals surface area contributed by atoms with Gasteiger partial charge in [-0.1, -0.05) is 27.7 Å². The Kier molecular flexibility index (Phi) is 4.67. The van der Waals surface area contributed by atoms with E-state index >= 15 is 0 Å². The van der Waals surface area contributed by atoms with Crippen molar-refractivity contribution in [3.05, 3.63) is 0 Å². The summed E-state index contributed by atoms with van der Waals surface area (Å²) in [7, 11) is 0. The third-order valence-electron chi connectivity index (χ3n) is 2.04. The van der Waals surface area contributed by atoms with Gasteiger partial charge in [0.25, 0.3) is 0 Å². The minimum absolute atomic E-state index is 0.0797. The van der Waals surface area contributed by atoms with E-state index < -0.39 is 0 Å². The van der Waals surface area contributed by atoms with E-state index in [4.69, 9.17) is 0 Å². The number of amides is 2. The Bertz CT molecular complexity index is 189. The summed E-state index contributed by atoms with van der Waals surface area (Å²) in [6.07, 6.45) is 0. The fourth-order valence-corrected chi connectivity index (χ4v) is 1.63. The molecule has 0 unspecified atom stereocenters. The van der Waals surface area contributed by atoms with E-state index in [-0.39, 0.29) is 29.6 Å². The molecule has 0 aliphatic heterocycles. The lowest BCUT2D eigenvalue weighted by atomic mass is 9.85. The van der Waals surface area contributed by atoms with Crippen molar-refractivity contribution in [1.29, 1.82) is 0 Å². The van der Waals surface area contributed by atoms with Gasteiger partial charge < -0.3 is 0 Å². The van der Waals surface area contributed by atoms with Crippen molar-refractivity contribution in [2.45, 2.75) is 34.6 Å². The molecule has 13 heavy (non-hydrogen) atoms. The fraction of sp³-hybridized carbons (Fsp3) is 0.800. The molecule has 0 heterocycles. The zero-order chi connectivity index (χ0) is 10.6. The van der Waals surface area contributed by atoms with Gasteiger partial charge in [-0.3, -0.25) is 14.9 Å². The minimum atomic E-state index is -0.281. The number of hydrogen-bond donors (Lipinski definition) is 1. The van der Waals surface area contributed by atoms with Crippen LogP contribution in [0.5, 0.6) is 0 Å². The van der Waals surface area contributed by atoms with Crippen molar-refractivity contribution in [2.24, 2.45) is 17.8 Å². The second-order valence-electron chi connectivity index (χ2n) is 4.06. The Morgan fingerprint density at radius 2 is 1.38 bits per heavy atom. The van der Waals surface area contributed by atoms with E-state index in [2.05, 4.69) is 5.32 Å². The summed E-state index contributed by atoms with van der Waals surface area (Å²) in [4.78, 5) is 22.2. The molecule has 0 aromatic rings. The third-order valence-corrected chi connectivity index (χ3v) is 2.04. The highest BCUT2D eigenvalue weighted by molar-refractivity contribution is 5.95. The molecule has 76 valence electrons. The molecule has 0 bridgehead atoms. The maximum absolute atomic E-state index is 11.5. The lowest BCUT2D eigenvalue weighted by Crippen LogP contribution is -2.38. The van der Waals surface area contributed by atoms with Gasteiger partial charge in [0.1, 0.15) is 0 Å². The second-order valence-corrected chi connectivity index (χ2v) is 4.06. The van der Waals surface area contributed by atoms with Crippen molar-refractivity contribution >= 4 is 11.8 Å². The molecule has 0 radical (unpaired) electrons. The number of carbonyl (C=O) groups is 2. The molecule has 0 fully saturated rings. The first-order valence-corrected chi connectivity index (χ1v) is 4.67. The van der Waals surface area contributed by atoms with Crippen LogP contribution >= 0.6 is 0 Å². The van der Waals surface area contributed by atoms with Crippen molar-refractivity contribution < 1.29 is 9.59 Å². The maximum Gasteiger partial charge on any atom is 0.230 e. The number of rotatable bonds is 3. The quantitative estimate of drug-likeness (QED) is 0.725. The molecular weight excluding hydrogens is 166 g/mol. The molecule has 0 aromatic carbocycles. The summed E-state index contributed by atoms with van der Waals surface area (Å²) in [5.74, 6) is 0.0106. The molecule has 1 N–H and O–H groups in total. The topological polar surface area (TPSA) is 46.2 Å². The monoisotopic (exact) mass is 185 g/mol. The van der Waals surface area contributed by atoms with Gasteiger partial charge in [0.05, 0.1) is 0 Å². The Balaban J connectivity index is 4.38. The molecule has 0 aliphatic carbocycles. The molecule has 0 atom stereocenters. The lowest BCUT2D eigenvalue weighted by molar-refractivity contribution is -0.133. The molecule has 3 nitrogen and oxygen atoms in total. The number of nitrogens with one attached hydrogen (secondary N) is 1. The van der Waals surface area contributed by atoms with Crippen LogP contribution in [0.4, 0.5) is 0 Å². The largest absolute Gasteiger partial charge is 0.296 e. The summed E-state index contributed by atoms with van der Waals surface area (Å²) >= 11 is 0. The highest BCUT2D eigenvalue weighted by atomic mass is 16.2. The number of imide groups is 1. The third kappa shape index (κ3) is 4.06. The standard InChI is InChI=1S/C10H19NO2/c1-6(2)9(7(3)4)10(13)11-8(5)12/h6-7,9H,1-5H3,(H,11,12,13). The average Bonchev–Trinajstić information content (AvgIpc) is 1.81. The van der Waals surface area contributed by atoms with Gasteiger partial charge in [0.2, 0.25) is 11.8 Å². The van der Waals surface area contributed by atoms with Gasteiger partial charge in [-0.2, -0.15) is 0 Å². The Hall–Kier alpha value is -0.860. The number of hydrogen-bond acceptors (Lipinski definition) is 2. The first-order chi connectivity index (χ1) is 5.86. The maximum atomic E-state index is 11.5. The van der Waals surface area contributed by atoms with Crippen LogP contribution in [0, 0.1) is 17.8 Å². The van der Waals surface area contributed by atoms with Crippen LogP contribution in [0.25, 0.3) is 0 Å². The van der Waals surface area contributed by atoms with Gasteiger partial charge in [-0.15, -0.1) is 0 Å². The van der Waals surface area contributed by atoms with Crippen molar-refractivity contribution in [3.8, 4) is 0 Å².